The lowest BCUT2D eigenvalue weighted by Gasteiger charge is -2.26. The molecule has 2 aromatic carbocycles. The third-order valence-corrected chi connectivity index (χ3v) is 5.28. The number of nitrogens with one attached hydrogen (secondary N) is 1. The van der Waals surface area contributed by atoms with Crippen molar-refractivity contribution in [2.75, 3.05) is 0 Å². The zero-order chi connectivity index (χ0) is 19.7. The molecule has 0 amide bonds. The molecule has 142 valence electrons. The molecule has 8 heteroatoms. The fraction of sp³-hybridized carbons (Fsp3) is 0.250. The second kappa shape index (κ2) is 7.22. The molecule has 2 aliphatic rings. The highest BCUT2D eigenvalue weighted by molar-refractivity contribution is 6.07. The molecule has 1 fully saturated rings. The van der Waals surface area contributed by atoms with Crippen LogP contribution in [0.1, 0.15) is 36.4 Å². The van der Waals surface area contributed by atoms with Gasteiger partial charge >= 0.3 is 0 Å². The van der Waals surface area contributed by atoms with Crippen molar-refractivity contribution in [1.82, 2.24) is 5.43 Å². The number of benzene rings is 2. The lowest BCUT2D eigenvalue weighted by molar-refractivity contribution is -0.385. The summed E-state index contributed by atoms with van der Waals surface area (Å²) in [6.07, 6.45) is 4.95. The molecule has 1 saturated carbocycles. The Labute approximate surface area is 160 Å². The first kappa shape index (κ1) is 17.8. The van der Waals surface area contributed by atoms with Crippen molar-refractivity contribution in [3.05, 3.63) is 85.5 Å². The highest BCUT2D eigenvalue weighted by atomic mass is 16.6. The van der Waals surface area contributed by atoms with Crippen LogP contribution in [0.5, 0.6) is 0 Å². The van der Waals surface area contributed by atoms with E-state index in [2.05, 4.69) is 10.5 Å². The van der Waals surface area contributed by atoms with E-state index in [9.17, 15) is 20.2 Å². The second-order valence-electron chi connectivity index (χ2n) is 6.97. The van der Waals surface area contributed by atoms with Crippen LogP contribution < -0.4 is 5.43 Å². The Morgan fingerprint density at radius 3 is 2.18 bits per heavy atom. The molecule has 0 saturated heterocycles. The van der Waals surface area contributed by atoms with E-state index in [0.717, 1.165) is 41.7 Å². The molecule has 1 aliphatic carbocycles. The number of nitrogens with zero attached hydrogens (tertiary/aromatic N) is 3. The summed E-state index contributed by atoms with van der Waals surface area (Å²) in [6.45, 7) is 0. The summed E-state index contributed by atoms with van der Waals surface area (Å²) in [5.74, 6) is 0.208. The first-order valence-corrected chi connectivity index (χ1v) is 9.06. The molecule has 1 N–H and O–H groups in total. The first-order chi connectivity index (χ1) is 13.5. The van der Waals surface area contributed by atoms with Crippen molar-refractivity contribution in [2.45, 2.75) is 25.3 Å². The van der Waals surface area contributed by atoms with Crippen LogP contribution in [0.15, 0.2) is 59.2 Å². The van der Waals surface area contributed by atoms with Gasteiger partial charge in [-0.15, -0.1) is 0 Å². The third kappa shape index (κ3) is 3.36. The Morgan fingerprint density at radius 2 is 1.57 bits per heavy atom. The van der Waals surface area contributed by atoms with Crippen molar-refractivity contribution >= 4 is 23.2 Å². The largest absolute Gasteiger partial charge is 0.302 e. The average molecular weight is 378 g/mol. The van der Waals surface area contributed by atoms with Crippen LogP contribution in [0.2, 0.25) is 0 Å². The Hall–Kier alpha value is -3.55. The molecule has 8 nitrogen and oxygen atoms in total. The van der Waals surface area contributed by atoms with Gasteiger partial charge in [-0.25, -0.2) is 0 Å². The normalized spacial score (nSPS) is 22.3. The minimum atomic E-state index is -0.409. The summed E-state index contributed by atoms with van der Waals surface area (Å²) in [5, 5.41) is 26.2. The molecule has 0 spiro atoms. The first-order valence-electron chi connectivity index (χ1n) is 9.06. The molecular formula is C20H18N4O4. The van der Waals surface area contributed by atoms with Gasteiger partial charge in [-0.2, -0.15) is 5.10 Å². The second-order valence-corrected chi connectivity index (χ2v) is 6.97. The molecule has 2 aromatic rings. The van der Waals surface area contributed by atoms with Gasteiger partial charge in [0.05, 0.1) is 21.6 Å². The smallest absolute Gasteiger partial charge is 0.269 e. The molecular weight excluding hydrogens is 360 g/mol. The van der Waals surface area contributed by atoms with Gasteiger partial charge in [-0.3, -0.25) is 20.2 Å². The number of hydrogen-bond donors (Lipinski definition) is 1. The Morgan fingerprint density at radius 1 is 0.964 bits per heavy atom. The SMILES string of the molecule is O=[N+]([O-])c1ccc(/C=C2\CCC[C@H]3C2=NN[C@@H]3c2ccc([N+](=O)[O-])cc2)cc1. The van der Waals surface area contributed by atoms with Gasteiger partial charge in [-0.1, -0.05) is 12.1 Å². The predicted octanol–water partition coefficient (Wildman–Crippen LogP) is 4.39. The molecule has 0 bridgehead atoms. The zero-order valence-corrected chi connectivity index (χ0v) is 14.9. The highest BCUT2D eigenvalue weighted by Crippen LogP contribution is 2.39. The number of hydrogen-bond acceptors (Lipinski definition) is 6. The van der Waals surface area contributed by atoms with E-state index in [1.54, 1.807) is 24.3 Å². The maximum Gasteiger partial charge on any atom is 0.269 e. The van der Waals surface area contributed by atoms with Gasteiger partial charge in [0.2, 0.25) is 0 Å². The molecule has 0 radical (unpaired) electrons. The molecule has 1 heterocycles. The van der Waals surface area contributed by atoms with Crippen molar-refractivity contribution in [1.29, 1.82) is 0 Å². The summed E-state index contributed by atoms with van der Waals surface area (Å²) < 4.78 is 0. The quantitative estimate of drug-likeness (QED) is 0.627. The van der Waals surface area contributed by atoms with Gasteiger partial charge in [0, 0.05) is 30.2 Å². The minimum Gasteiger partial charge on any atom is -0.302 e. The number of nitro groups is 2. The molecule has 28 heavy (non-hydrogen) atoms. The van der Waals surface area contributed by atoms with Crippen molar-refractivity contribution in [2.24, 2.45) is 11.0 Å². The molecule has 2 atom stereocenters. The van der Waals surface area contributed by atoms with Gasteiger partial charge in [0.15, 0.2) is 0 Å². The van der Waals surface area contributed by atoms with Crippen LogP contribution in [-0.4, -0.2) is 15.6 Å². The number of allylic oxidation sites excluding steroid dienone is 1. The van der Waals surface area contributed by atoms with E-state index in [1.807, 2.05) is 6.08 Å². The van der Waals surface area contributed by atoms with Crippen LogP contribution in [0.3, 0.4) is 0 Å². The fourth-order valence-electron chi connectivity index (χ4n) is 3.87. The summed E-state index contributed by atoms with van der Waals surface area (Å²) in [5.41, 5.74) is 7.35. The number of rotatable bonds is 4. The van der Waals surface area contributed by atoms with E-state index >= 15 is 0 Å². The van der Waals surface area contributed by atoms with Crippen molar-refractivity contribution < 1.29 is 9.85 Å². The summed E-state index contributed by atoms with van der Waals surface area (Å²) in [6, 6.07) is 13.1. The minimum absolute atomic E-state index is 0.00337. The zero-order valence-electron chi connectivity index (χ0n) is 14.9. The molecule has 1 aliphatic heterocycles. The standard InChI is InChI=1S/C20H18N4O4/c25-23(26)16-8-4-13(5-9-16)12-15-2-1-3-18-19(21-22-20(15)18)14-6-10-17(11-7-14)24(27)28/h4-12,18-19,21H,1-3H2/b15-12+/t18-,19-/m1/s1. The van der Waals surface area contributed by atoms with Crippen LogP contribution in [0.4, 0.5) is 11.4 Å². The number of fused-ring (bicyclic) bond motifs is 1. The van der Waals surface area contributed by atoms with Crippen LogP contribution >= 0.6 is 0 Å². The van der Waals surface area contributed by atoms with Crippen LogP contribution in [0.25, 0.3) is 6.08 Å². The van der Waals surface area contributed by atoms with Gasteiger partial charge in [0.25, 0.3) is 11.4 Å². The summed E-state index contributed by atoms with van der Waals surface area (Å²) in [7, 11) is 0. The monoisotopic (exact) mass is 378 g/mol. The highest BCUT2D eigenvalue weighted by Gasteiger charge is 2.36. The summed E-state index contributed by atoms with van der Waals surface area (Å²) >= 11 is 0. The number of hydrazone groups is 1. The van der Waals surface area contributed by atoms with Crippen molar-refractivity contribution in [3.8, 4) is 0 Å². The Bertz CT molecular complexity index is 980. The lowest BCUT2D eigenvalue weighted by atomic mass is 9.78. The van der Waals surface area contributed by atoms with Gasteiger partial charge in [-0.05, 0) is 54.2 Å². The summed E-state index contributed by atoms with van der Waals surface area (Å²) in [4.78, 5) is 20.9. The predicted molar refractivity (Wildman–Crippen MR) is 105 cm³/mol. The maximum atomic E-state index is 10.9. The molecule has 0 aromatic heterocycles. The number of nitro benzene ring substituents is 2. The van der Waals surface area contributed by atoms with E-state index in [4.69, 9.17) is 0 Å². The van der Waals surface area contributed by atoms with E-state index < -0.39 is 9.85 Å². The Kier molecular flexibility index (Phi) is 4.60. The molecule has 4 rings (SSSR count). The Balaban J connectivity index is 1.56. The lowest BCUT2D eigenvalue weighted by Crippen LogP contribution is -2.25. The van der Waals surface area contributed by atoms with Gasteiger partial charge < -0.3 is 5.43 Å². The fourth-order valence-corrected chi connectivity index (χ4v) is 3.87. The topological polar surface area (TPSA) is 111 Å². The van der Waals surface area contributed by atoms with Crippen LogP contribution in [0, 0.1) is 26.1 Å². The molecule has 0 unspecified atom stereocenters. The van der Waals surface area contributed by atoms with E-state index in [0.29, 0.717) is 0 Å². The third-order valence-electron chi connectivity index (χ3n) is 5.28. The van der Waals surface area contributed by atoms with E-state index in [1.165, 1.54) is 24.3 Å². The average Bonchev–Trinajstić information content (AvgIpc) is 3.13. The van der Waals surface area contributed by atoms with Gasteiger partial charge in [0.1, 0.15) is 0 Å². The maximum absolute atomic E-state index is 10.9. The number of non-ortho nitro benzene ring substituents is 2. The van der Waals surface area contributed by atoms with Crippen molar-refractivity contribution in [3.63, 3.8) is 0 Å². The van der Waals surface area contributed by atoms with Crippen LogP contribution in [-0.2, 0) is 0 Å². The van der Waals surface area contributed by atoms with E-state index in [-0.39, 0.29) is 23.3 Å².